The number of benzene rings is 2. The van der Waals surface area contributed by atoms with Crippen molar-refractivity contribution in [2.45, 2.75) is 0 Å². The fourth-order valence-corrected chi connectivity index (χ4v) is 4.28. The van der Waals surface area contributed by atoms with E-state index in [2.05, 4.69) is 10.2 Å². The molecule has 0 bridgehead atoms. The molecule has 0 atom stereocenters. The highest BCUT2D eigenvalue weighted by Gasteiger charge is 2.24. The van der Waals surface area contributed by atoms with Crippen molar-refractivity contribution in [1.82, 2.24) is 0 Å². The van der Waals surface area contributed by atoms with Gasteiger partial charge in [0.25, 0.3) is 0 Å². The minimum atomic E-state index is -3.75. The molecule has 0 aliphatic carbocycles. The van der Waals surface area contributed by atoms with E-state index in [1.807, 2.05) is 12.1 Å². The van der Waals surface area contributed by atoms with Crippen LogP contribution in [0.4, 0.5) is 17.1 Å². The quantitative estimate of drug-likeness (QED) is 0.719. The van der Waals surface area contributed by atoms with Gasteiger partial charge in [-0.1, -0.05) is 29.3 Å². The molecular formula is C19H21Cl2N3O4S. The number of nitrogens with one attached hydrogen (secondary N) is 1. The van der Waals surface area contributed by atoms with E-state index in [1.54, 1.807) is 24.3 Å². The Morgan fingerprint density at radius 3 is 2.41 bits per heavy atom. The lowest BCUT2D eigenvalue weighted by atomic mass is 10.2. The highest BCUT2D eigenvalue weighted by atomic mass is 35.5. The zero-order valence-electron chi connectivity index (χ0n) is 15.8. The van der Waals surface area contributed by atoms with E-state index in [9.17, 15) is 13.2 Å². The van der Waals surface area contributed by atoms with Crippen molar-refractivity contribution in [3.63, 3.8) is 0 Å². The van der Waals surface area contributed by atoms with Crippen LogP contribution in [0.2, 0.25) is 10.0 Å². The molecule has 1 amide bonds. The topological polar surface area (TPSA) is 79.0 Å². The number of carbonyl (C=O) groups excluding carboxylic acids is 1. The van der Waals surface area contributed by atoms with Crippen LogP contribution in [0, 0.1) is 0 Å². The van der Waals surface area contributed by atoms with Crippen molar-refractivity contribution in [1.29, 1.82) is 0 Å². The van der Waals surface area contributed by atoms with Gasteiger partial charge in [-0.25, -0.2) is 8.42 Å². The summed E-state index contributed by atoms with van der Waals surface area (Å²) in [5.74, 6) is -0.495. The molecule has 1 aliphatic heterocycles. The number of rotatable bonds is 6. The van der Waals surface area contributed by atoms with Crippen LogP contribution in [-0.2, 0) is 19.6 Å². The number of anilines is 3. The van der Waals surface area contributed by atoms with Gasteiger partial charge < -0.3 is 15.0 Å². The maximum atomic E-state index is 12.5. The monoisotopic (exact) mass is 457 g/mol. The van der Waals surface area contributed by atoms with Gasteiger partial charge in [0.15, 0.2) is 0 Å². The van der Waals surface area contributed by atoms with Gasteiger partial charge in [0, 0.05) is 24.5 Å². The highest BCUT2D eigenvalue weighted by molar-refractivity contribution is 7.92. The fraction of sp³-hybridized carbons (Fsp3) is 0.316. The Kier molecular flexibility index (Phi) is 6.89. The predicted octanol–water partition coefficient (Wildman–Crippen LogP) is 3.23. The third-order valence-electron chi connectivity index (χ3n) is 4.41. The number of ether oxygens (including phenoxy) is 1. The van der Waals surface area contributed by atoms with Gasteiger partial charge in [-0.3, -0.25) is 9.10 Å². The van der Waals surface area contributed by atoms with Crippen molar-refractivity contribution in [2.75, 3.05) is 53.6 Å². The molecule has 156 valence electrons. The first-order valence-electron chi connectivity index (χ1n) is 8.90. The van der Waals surface area contributed by atoms with Crippen molar-refractivity contribution in [2.24, 2.45) is 0 Å². The summed E-state index contributed by atoms with van der Waals surface area (Å²) < 4.78 is 30.7. The summed E-state index contributed by atoms with van der Waals surface area (Å²) in [7, 11) is -3.75. The lowest BCUT2D eigenvalue weighted by Gasteiger charge is -2.29. The van der Waals surface area contributed by atoms with E-state index in [0.29, 0.717) is 18.9 Å². The number of morpholine rings is 1. The van der Waals surface area contributed by atoms with Crippen LogP contribution in [0.15, 0.2) is 42.5 Å². The highest BCUT2D eigenvalue weighted by Crippen LogP contribution is 2.33. The second-order valence-corrected chi connectivity index (χ2v) is 9.23. The molecule has 1 heterocycles. The molecule has 1 aliphatic rings. The van der Waals surface area contributed by atoms with Gasteiger partial charge in [0.1, 0.15) is 6.54 Å². The van der Waals surface area contributed by atoms with Crippen LogP contribution < -0.4 is 14.5 Å². The summed E-state index contributed by atoms with van der Waals surface area (Å²) in [6.45, 7) is 2.58. The van der Waals surface area contributed by atoms with Gasteiger partial charge in [-0.2, -0.15) is 0 Å². The summed E-state index contributed by atoms with van der Waals surface area (Å²) in [6, 6.07) is 12.0. The molecule has 1 saturated heterocycles. The average molecular weight is 458 g/mol. The standard InChI is InChI=1S/C19H21Cl2N3O4S/c1-29(26,27)24(17-4-2-3-16(20)19(17)21)13-18(25)22-14-5-7-15(8-6-14)23-9-11-28-12-10-23/h2-8H,9-13H2,1H3,(H,22,25). The van der Waals surface area contributed by atoms with Crippen LogP contribution in [0.25, 0.3) is 0 Å². The first-order valence-corrected chi connectivity index (χ1v) is 11.5. The molecule has 1 N–H and O–H groups in total. The number of hydrogen-bond acceptors (Lipinski definition) is 5. The van der Waals surface area contributed by atoms with Crippen LogP contribution >= 0.6 is 23.2 Å². The van der Waals surface area contributed by atoms with E-state index in [-0.39, 0.29) is 15.7 Å². The molecule has 29 heavy (non-hydrogen) atoms. The molecule has 0 aromatic heterocycles. The molecular weight excluding hydrogens is 437 g/mol. The number of carbonyl (C=O) groups is 1. The molecule has 3 rings (SSSR count). The van der Waals surface area contributed by atoms with Crippen LogP contribution in [0.1, 0.15) is 0 Å². The van der Waals surface area contributed by atoms with E-state index in [1.165, 1.54) is 6.07 Å². The minimum absolute atomic E-state index is 0.0715. The smallest absolute Gasteiger partial charge is 0.245 e. The van der Waals surface area contributed by atoms with Gasteiger partial charge in [0.05, 0.1) is 35.2 Å². The lowest BCUT2D eigenvalue weighted by molar-refractivity contribution is -0.114. The van der Waals surface area contributed by atoms with E-state index in [4.69, 9.17) is 27.9 Å². The summed E-state index contributed by atoms with van der Waals surface area (Å²) in [6.07, 6.45) is 1.01. The predicted molar refractivity (Wildman–Crippen MR) is 117 cm³/mol. The number of amides is 1. The first-order chi connectivity index (χ1) is 13.8. The molecule has 2 aromatic rings. The van der Waals surface area contributed by atoms with E-state index in [0.717, 1.165) is 29.3 Å². The second-order valence-electron chi connectivity index (χ2n) is 6.54. The maximum absolute atomic E-state index is 12.5. The van der Waals surface area contributed by atoms with Crippen LogP contribution in [0.5, 0.6) is 0 Å². The first kappa shape index (κ1) is 21.7. The zero-order chi connectivity index (χ0) is 21.0. The largest absolute Gasteiger partial charge is 0.378 e. The molecule has 0 radical (unpaired) electrons. The van der Waals surface area contributed by atoms with Crippen molar-refractivity contribution in [3.05, 3.63) is 52.5 Å². The summed E-state index contributed by atoms with van der Waals surface area (Å²) >= 11 is 12.1. The van der Waals surface area contributed by atoms with Crippen molar-refractivity contribution >= 4 is 56.2 Å². The fourth-order valence-electron chi connectivity index (χ4n) is 2.97. The second kappa shape index (κ2) is 9.21. The molecule has 2 aromatic carbocycles. The zero-order valence-corrected chi connectivity index (χ0v) is 18.1. The molecule has 0 saturated carbocycles. The lowest BCUT2D eigenvalue weighted by Crippen LogP contribution is -2.37. The Hall–Kier alpha value is -2.00. The number of nitrogens with zero attached hydrogens (tertiary/aromatic N) is 2. The normalized spacial score (nSPS) is 14.5. The number of hydrogen-bond donors (Lipinski definition) is 1. The Morgan fingerprint density at radius 2 is 1.79 bits per heavy atom. The Balaban J connectivity index is 1.71. The number of halogens is 2. The van der Waals surface area contributed by atoms with Gasteiger partial charge in [-0.15, -0.1) is 0 Å². The summed E-state index contributed by atoms with van der Waals surface area (Å²) in [5, 5.41) is 2.99. The molecule has 0 unspecified atom stereocenters. The Morgan fingerprint density at radius 1 is 1.14 bits per heavy atom. The van der Waals surface area contributed by atoms with Gasteiger partial charge >= 0.3 is 0 Å². The van der Waals surface area contributed by atoms with E-state index < -0.39 is 22.5 Å². The van der Waals surface area contributed by atoms with Gasteiger partial charge in [-0.05, 0) is 36.4 Å². The van der Waals surface area contributed by atoms with E-state index >= 15 is 0 Å². The third-order valence-corrected chi connectivity index (χ3v) is 6.35. The maximum Gasteiger partial charge on any atom is 0.245 e. The summed E-state index contributed by atoms with van der Waals surface area (Å²) in [4.78, 5) is 14.7. The van der Waals surface area contributed by atoms with Gasteiger partial charge in [0.2, 0.25) is 15.9 Å². The van der Waals surface area contributed by atoms with Crippen molar-refractivity contribution < 1.29 is 17.9 Å². The Labute approximate surface area is 180 Å². The molecule has 10 heteroatoms. The SMILES string of the molecule is CS(=O)(=O)N(CC(=O)Nc1ccc(N2CCOCC2)cc1)c1cccc(Cl)c1Cl. The van der Waals surface area contributed by atoms with Crippen LogP contribution in [-0.4, -0.2) is 53.4 Å². The minimum Gasteiger partial charge on any atom is -0.378 e. The third kappa shape index (κ3) is 5.54. The Bertz CT molecular complexity index is 977. The average Bonchev–Trinajstić information content (AvgIpc) is 2.69. The molecule has 0 spiro atoms. The number of sulfonamides is 1. The van der Waals surface area contributed by atoms with Crippen molar-refractivity contribution in [3.8, 4) is 0 Å². The summed E-state index contributed by atoms with van der Waals surface area (Å²) in [5.41, 5.74) is 1.76. The van der Waals surface area contributed by atoms with Crippen LogP contribution in [0.3, 0.4) is 0 Å². The molecule has 7 nitrogen and oxygen atoms in total. The molecule has 1 fully saturated rings.